The van der Waals surface area contributed by atoms with Gasteiger partial charge in [-0.25, -0.2) is 4.98 Å². The molecule has 0 radical (unpaired) electrons. The van der Waals surface area contributed by atoms with Crippen molar-refractivity contribution in [2.24, 2.45) is 0 Å². The number of carbonyl (C=O) groups excluding carboxylic acids is 1. The molecule has 110 valence electrons. The van der Waals surface area contributed by atoms with E-state index in [0.717, 1.165) is 24.3 Å². The topological polar surface area (TPSA) is 56.2 Å². The van der Waals surface area contributed by atoms with Crippen molar-refractivity contribution in [2.75, 3.05) is 6.54 Å². The average Bonchev–Trinajstić information content (AvgIpc) is 3.11. The fourth-order valence-electron chi connectivity index (χ4n) is 2.37. The highest BCUT2D eigenvalue weighted by Gasteiger charge is 2.28. The van der Waals surface area contributed by atoms with Gasteiger partial charge in [-0.15, -0.1) is 0 Å². The third-order valence-corrected chi connectivity index (χ3v) is 3.68. The number of aryl methyl sites for hydroxylation is 1. The van der Waals surface area contributed by atoms with E-state index in [9.17, 15) is 4.79 Å². The highest BCUT2D eigenvalue weighted by Crippen LogP contribution is 2.31. The number of aromatic nitrogens is 2. The van der Waals surface area contributed by atoms with Gasteiger partial charge in [0.1, 0.15) is 5.75 Å². The van der Waals surface area contributed by atoms with Crippen molar-refractivity contribution in [3.05, 3.63) is 47.5 Å². The minimum Gasteiger partial charge on any atom is -0.480 e. The van der Waals surface area contributed by atoms with Crippen LogP contribution >= 0.6 is 11.6 Å². The zero-order valence-corrected chi connectivity index (χ0v) is 12.2. The standard InChI is InChI=1S/C15H16ClN3O2/c16-12-2-3-13-11(8-12)9-14(21-13)15(20)18-4-1-6-19-7-5-17-10-19/h2-3,5,7-8,10,14H,1,4,6,9H2,(H,18,20). The van der Waals surface area contributed by atoms with Gasteiger partial charge in [-0.1, -0.05) is 11.6 Å². The summed E-state index contributed by atoms with van der Waals surface area (Å²) in [6, 6.07) is 5.43. The molecule has 2 aromatic rings. The molecule has 1 aromatic carbocycles. The first-order chi connectivity index (χ1) is 10.2. The molecule has 1 amide bonds. The Morgan fingerprint density at radius 2 is 2.43 bits per heavy atom. The molecule has 5 nitrogen and oxygen atoms in total. The summed E-state index contributed by atoms with van der Waals surface area (Å²) < 4.78 is 7.62. The van der Waals surface area contributed by atoms with Crippen LogP contribution in [0, 0.1) is 0 Å². The molecule has 0 saturated heterocycles. The average molecular weight is 306 g/mol. The molecule has 2 heterocycles. The van der Waals surface area contributed by atoms with Gasteiger partial charge in [0.25, 0.3) is 5.91 Å². The van der Waals surface area contributed by atoms with E-state index in [0.29, 0.717) is 18.0 Å². The lowest BCUT2D eigenvalue weighted by molar-refractivity contribution is -0.127. The molecule has 0 bridgehead atoms. The Bertz CT molecular complexity index is 628. The smallest absolute Gasteiger partial charge is 0.261 e. The maximum Gasteiger partial charge on any atom is 0.261 e. The summed E-state index contributed by atoms with van der Waals surface area (Å²) in [6.45, 7) is 1.45. The summed E-state index contributed by atoms with van der Waals surface area (Å²) in [5.74, 6) is 0.672. The van der Waals surface area contributed by atoms with Gasteiger partial charge >= 0.3 is 0 Å². The summed E-state index contributed by atoms with van der Waals surface area (Å²) in [7, 11) is 0. The number of carbonyl (C=O) groups is 1. The molecule has 1 unspecified atom stereocenters. The van der Waals surface area contributed by atoms with Crippen LogP contribution in [0.15, 0.2) is 36.9 Å². The summed E-state index contributed by atoms with van der Waals surface area (Å²) in [5, 5.41) is 3.57. The Labute approximate surface area is 127 Å². The second-order valence-electron chi connectivity index (χ2n) is 5.01. The number of nitrogens with zero attached hydrogens (tertiary/aromatic N) is 2. The van der Waals surface area contributed by atoms with Gasteiger partial charge in [0.15, 0.2) is 6.10 Å². The fraction of sp³-hybridized carbons (Fsp3) is 0.333. The first-order valence-electron chi connectivity index (χ1n) is 6.91. The van der Waals surface area contributed by atoms with E-state index in [1.807, 2.05) is 22.9 Å². The van der Waals surface area contributed by atoms with Crippen molar-refractivity contribution >= 4 is 17.5 Å². The molecule has 1 aliphatic rings. The number of nitrogens with one attached hydrogen (secondary N) is 1. The predicted molar refractivity (Wildman–Crippen MR) is 79.4 cm³/mol. The van der Waals surface area contributed by atoms with E-state index >= 15 is 0 Å². The molecule has 3 rings (SSSR count). The van der Waals surface area contributed by atoms with Gasteiger partial charge in [-0.05, 0) is 30.2 Å². The lowest BCUT2D eigenvalue weighted by Crippen LogP contribution is -2.38. The van der Waals surface area contributed by atoms with Gasteiger partial charge in [-0.3, -0.25) is 4.79 Å². The van der Waals surface area contributed by atoms with Gasteiger partial charge in [0.2, 0.25) is 0 Å². The number of hydrogen-bond donors (Lipinski definition) is 1. The molecule has 21 heavy (non-hydrogen) atoms. The highest BCUT2D eigenvalue weighted by atomic mass is 35.5. The lowest BCUT2D eigenvalue weighted by atomic mass is 10.1. The molecule has 1 aliphatic heterocycles. The van der Waals surface area contributed by atoms with Crippen molar-refractivity contribution in [3.8, 4) is 5.75 Å². The molecular weight excluding hydrogens is 290 g/mol. The van der Waals surface area contributed by atoms with E-state index in [-0.39, 0.29) is 5.91 Å². The molecule has 0 saturated carbocycles. The van der Waals surface area contributed by atoms with E-state index in [1.165, 1.54) is 0 Å². The van der Waals surface area contributed by atoms with E-state index in [1.54, 1.807) is 18.6 Å². The molecule has 1 N–H and O–H groups in total. The molecule has 0 fully saturated rings. The molecule has 0 spiro atoms. The van der Waals surface area contributed by atoms with E-state index < -0.39 is 6.10 Å². The van der Waals surface area contributed by atoms with Crippen LogP contribution in [0.25, 0.3) is 0 Å². The summed E-state index contributed by atoms with van der Waals surface area (Å²) in [4.78, 5) is 16.0. The maximum absolute atomic E-state index is 12.1. The van der Waals surface area contributed by atoms with Gasteiger partial charge < -0.3 is 14.6 Å². The first kappa shape index (κ1) is 13.9. The molecule has 1 atom stereocenters. The predicted octanol–water partition coefficient (Wildman–Crippen LogP) is 2.05. The van der Waals surface area contributed by atoms with E-state index in [4.69, 9.17) is 16.3 Å². The number of ether oxygens (including phenoxy) is 1. The Kier molecular flexibility index (Phi) is 4.10. The third-order valence-electron chi connectivity index (χ3n) is 3.44. The second-order valence-corrected chi connectivity index (χ2v) is 5.44. The summed E-state index contributed by atoms with van der Waals surface area (Å²) in [6.07, 6.45) is 6.39. The first-order valence-corrected chi connectivity index (χ1v) is 7.29. The van der Waals surface area contributed by atoms with Crippen LogP contribution < -0.4 is 10.1 Å². The van der Waals surface area contributed by atoms with Gasteiger partial charge in [-0.2, -0.15) is 0 Å². The van der Waals surface area contributed by atoms with Crippen molar-refractivity contribution in [3.63, 3.8) is 0 Å². The number of hydrogen-bond acceptors (Lipinski definition) is 3. The quantitative estimate of drug-likeness (QED) is 0.860. The monoisotopic (exact) mass is 305 g/mol. The SMILES string of the molecule is O=C(NCCCn1ccnc1)C1Cc2cc(Cl)ccc2O1. The fourth-order valence-corrected chi connectivity index (χ4v) is 2.56. The van der Waals surface area contributed by atoms with Crippen LogP contribution in [-0.2, 0) is 17.8 Å². The van der Waals surface area contributed by atoms with Crippen LogP contribution in [0.4, 0.5) is 0 Å². The van der Waals surface area contributed by atoms with E-state index in [2.05, 4.69) is 10.3 Å². The van der Waals surface area contributed by atoms with Crippen molar-refractivity contribution < 1.29 is 9.53 Å². The second kappa shape index (κ2) is 6.18. The summed E-state index contributed by atoms with van der Waals surface area (Å²) >= 11 is 5.94. The largest absolute Gasteiger partial charge is 0.480 e. The maximum atomic E-state index is 12.1. The lowest BCUT2D eigenvalue weighted by Gasteiger charge is -2.11. The van der Waals surface area contributed by atoms with Crippen LogP contribution in [0.3, 0.4) is 0 Å². The number of imidazole rings is 1. The Hall–Kier alpha value is -2.01. The van der Waals surface area contributed by atoms with Crippen LogP contribution in [0.1, 0.15) is 12.0 Å². The van der Waals surface area contributed by atoms with Crippen molar-refractivity contribution in [1.29, 1.82) is 0 Å². The number of halogens is 1. The van der Waals surface area contributed by atoms with Crippen LogP contribution in [0.5, 0.6) is 5.75 Å². The molecule has 6 heteroatoms. The normalized spacial score (nSPS) is 16.3. The van der Waals surface area contributed by atoms with Gasteiger partial charge in [0, 0.05) is 36.9 Å². The zero-order valence-electron chi connectivity index (χ0n) is 11.5. The molecule has 0 aliphatic carbocycles. The molecular formula is C15H16ClN3O2. The Morgan fingerprint density at radius 3 is 3.24 bits per heavy atom. The minimum atomic E-state index is -0.452. The van der Waals surface area contributed by atoms with Gasteiger partial charge in [0.05, 0.1) is 6.33 Å². The highest BCUT2D eigenvalue weighted by molar-refractivity contribution is 6.30. The molecule has 1 aromatic heterocycles. The van der Waals surface area contributed by atoms with Crippen molar-refractivity contribution in [1.82, 2.24) is 14.9 Å². The van der Waals surface area contributed by atoms with Crippen LogP contribution in [0.2, 0.25) is 5.02 Å². The van der Waals surface area contributed by atoms with Crippen LogP contribution in [-0.4, -0.2) is 28.1 Å². The third kappa shape index (κ3) is 3.36. The summed E-state index contributed by atoms with van der Waals surface area (Å²) in [5.41, 5.74) is 0.987. The number of benzene rings is 1. The van der Waals surface area contributed by atoms with Crippen molar-refractivity contribution in [2.45, 2.75) is 25.5 Å². The minimum absolute atomic E-state index is 0.0760. The Morgan fingerprint density at radius 1 is 1.52 bits per heavy atom. The number of rotatable bonds is 5. The zero-order chi connectivity index (χ0) is 14.7. The number of amides is 1. The number of fused-ring (bicyclic) bond motifs is 1. The Balaban J connectivity index is 1.45.